The van der Waals surface area contributed by atoms with E-state index in [0.717, 1.165) is 32.1 Å². The summed E-state index contributed by atoms with van der Waals surface area (Å²) in [6.07, 6.45) is 2.76. The van der Waals surface area contributed by atoms with E-state index in [9.17, 15) is 0 Å². The summed E-state index contributed by atoms with van der Waals surface area (Å²) in [5.41, 5.74) is 5.73. The third-order valence-corrected chi connectivity index (χ3v) is 4.61. The van der Waals surface area contributed by atoms with Gasteiger partial charge in [0.1, 0.15) is 0 Å². The van der Waals surface area contributed by atoms with Gasteiger partial charge in [-0.25, -0.2) is 0 Å². The summed E-state index contributed by atoms with van der Waals surface area (Å²) in [6, 6.07) is 18.0. The Kier molecular flexibility index (Phi) is 3.40. The van der Waals surface area contributed by atoms with E-state index in [1.54, 1.807) is 0 Å². The van der Waals surface area contributed by atoms with Gasteiger partial charge in [0.25, 0.3) is 0 Å². The predicted octanol–water partition coefficient (Wildman–Crippen LogP) is 3.67. The van der Waals surface area contributed by atoms with E-state index in [-0.39, 0.29) is 0 Å². The Morgan fingerprint density at radius 2 is 1.81 bits per heavy atom. The largest absolute Gasteiger partial charge is 0.366 e. The number of para-hydroxylation sites is 1. The first-order valence-corrected chi connectivity index (χ1v) is 8.02. The second-order valence-corrected chi connectivity index (χ2v) is 6.24. The highest BCUT2D eigenvalue weighted by atomic mass is 15.2. The zero-order valence-electron chi connectivity index (χ0n) is 12.4. The lowest BCUT2D eigenvalue weighted by Gasteiger charge is -2.24. The van der Waals surface area contributed by atoms with Crippen molar-refractivity contribution in [3.63, 3.8) is 0 Å². The predicted molar refractivity (Wildman–Crippen MR) is 87.6 cm³/mol. The Bertz CT molecular complexity index is 614. The molecule has 4 rings (SSSR count). The number of fused-ring (bicyclic) bond motifs is 1. The van der Waals surface area contributed by atoms with Crippen LogP contribution >= 0.6 is 0 Å². The number of nitrogens with zero attached hydrogens (tertiary/aromatic N) is 1. The third-order valence-electron chi connectivity index (χ3n) is 4.61. The maximum absolute atomic E-state index is 3.51. The molecule has 0 saturated heterocycles. The lowest BCUT2D eigenvalue weighted by molar-refractivity contribution is 0.688. The monoisotopic (exact) mass is 278 g/mol. The van der Waals surface area contributed by atoms with Crippen LogP contribution in [-0.2, 0) is 13.1 Å². The summed E-state index contributed by atoms with van der Waals surface area (Å²) >= 11 is 0. The number of hydrogen-bond donors (Lipinski definition) is 1. The summed E-state index contributed by atoms with van der Waals surface area (Å²) in [5, 5.41) is 3.51. The minimum absolute atomic E-state index is 0.849. The van der Waals surface area contributed by atoms with E-state index in [1.165, 1.54) is 35.2 Å². The molecule has 2 heteroatoms. The van der Waals surface area contributed by atoms with Crippen molar-refractivity contribution in [1.82, 2.24) is 5.32 Å². The second-order valence-electron chi connectivity index (χ2n) is 6.24. The molecule has 1 fully saturated rings. The van der Waals surface area contributed by atoms with Crippen molar-refractivity contribution in [2.75, 3.05) is 18.0 Å². The zero-order chi connectivity index (χ0) is 14.1. The van der Waals surface area contributed by atoms with Crippen LogP contribution in [-0.4, -0.2) is 13.1 Å². The molecule has 0 unspecified atom stereocenters. The van der Waals surface area contributed by atoms with Crippen molar-refractivity contribution in [3.8, 4) is 0 Å². The normalized spacial score (nSPS) is 18.2. The van der Waals surface area contributed by atoms with Gasteiger partial charge in [-0.05, 0) is 41.5 Å². The first kappa shape index (κ1) is 12.9. The zero-order valence-corrected chi connectivity index (χ0v) is 12.4. The van der Waals surface area contributed by atoms with Crippen LogP contribution in [0.15, 0.2) is 48.5 Å². The van der Waals surface area contributed by atoms with E-state index in [0.29, 0.717) is 0 Å². The molecule has 2 aliphatic rings. The topological polar surface area (TPSA) is 15.3 Å². The molecule has 21 heavy (non-hydrogen) atoms. The molecule has 0 amide bonds. The van der Waals surface area contributed by atoms with Crippen molar-refractivity contribution >= 4 is 5.69 Å². The highest BCUT2D eigenvalue weighted by Crippen LogP contribution is 2.40. The van der Waals surface area contributed by atoms with Crippen molar-refractivity contribution in [1.29, 1.82) is 0 Å². The van der Waals surface area contributed by atoms with Gasteiger partial charge in [-0.1, -0.05) is 42.5 Å². The Morgan fingerprint density at radius 3 is 2.62 bits per heavy atom. The van der Waals surface area contributed by atoms with E-state index >= 15 is 0 Å². The fourth-order valence-electron chi connectivity index (χ4n) is 3.22. The van der Waals surface area contributed by atoms with Crippen LogP contribution in [0.3, 0.4) is 0 Å². The first-order valence-electron chi connectivity index (χ1n) is 8.02. The summed E-state index contributed by atoms with van der Waals surface area (Å²) in [7, 11) is 0. The molecule has 1 saturated carbocycles. The second kappa shape index (κ2) is 5.53. The first-order chi connectivity index (χ1) is 10.4. The summed E-state index contributed by atoms with van der Waals surface area (Å²) < 4.78 is 0. The summed E-state index contributed by atoms with van der Waals surface area (Å²) in [4.78, 5) is 2.50. The molecule has 0 atom stereocenters. The number of rotatable bonds is 3. The molecule has 1 aliphatic carbocycles. The SMILES string of the molecule is c1ccc2c(c1)CNCCN2Cc1ccc(C2CC2)cc1. The highest BCUT2D eigenvalue weighted by Gasteiger charge is 2.23. The standard InChI is InChI=1S/C19H22N2/c1-2-4-19-18(3-1)13-20-11-12-21(19)14-15-5-7-16(8-6-15)17-9-10-17/h1-8,17,20H,9-14H2. The highest BCUT2D eigenvalue weighted by molar-refractivity contribution is 5.54. The summed E-state index contributed by atoms with van der Waals surface area (Å²) in [5.74, 6) is 0.849. The van der Waals surface area contributed by atoms with Gasteiger partial charge in [0.05, 0.1) is 0 Å². The number of benzene rings is 2. The lowest BCUT2D eigenvalue weighted by atomic mass is 10.1. The molecule has 0 spiro atoms. The van der Waals surface area contributed by atoms with E-state index in [4.69, 9.17) is 0 Å². The average Bonchev–Trinajstić information content (AvgIpc) is 3.36. The minimum atomic E-state index is 0.849. The molecular formula is C19H22N2. The molecule has 0 radical (unpaired) electrons. The lowest BCUT2D eigenvalue weighted by Crippen LogP contribution is -2.28. The molecule has 0 aromatic heterocycles. The van der Waals surface area contributed by atoms with Crippen LogP contribution in [0.2, 0.25) is 0 Å². The van der Waals surface area contributed by atoms with Crippen LogP contribution in [0.4, 0.5) is 5.69 Å². The fraction of sp³-hybridized carbons (Fsp3) is 0.368. The van der Waals surface area contributed by atoms with Crippen LogP contribution in [0, 0.1) is 0 Å². The number of nitrogens with one attached hydrogen (secondary N) is 1. The number of anilines is 1. The molecule has 2 aromatic rings. The Morgan fingerprint density at radius 1 is 1.00 bits per heavy atom. The molecular weight excluding hydrogens is 256 g/mol. The van der Waals surface area contributed by atoms with Gasteiger partial charge in [-0.2, -0.15) is 0 Å². The van der Waals surface area contributed by atoms with Gasteiger partial charge in [-0.15, -0.1) is 0 Å². The van der Waals surface area contributed by atoms with E-state index in [2.05, 4.69) is 58.7 Å². The maximum atomic E-state index is 3.51. The Hall–Kier alpha value is -1.80. The van der Waals surface area contributed by atoms with Crippen LogP contribution < -0.4 is 10.2 Å². The van der Waals surface area contributed by atoms with Crippen LogP contribution in [0.1, 0.15) is 35.4 Å². The van der Waals surface area contributed by atoms with Gasteiger partial charge >= 0.3 is 0 Å². The Balaban J connectivity index is 1.55. The van der Waals surface area contributed by atoms with Gasteiger partial charge < -0.3 is 10.2 Å². The van der Waals surface area contributed by atoms with Gasteiger partial charge in [-0.3, -0.25) is 0 Å². The van der Waals surface area contributed by atoms with Gasteiger partial charge in [0.15, 0.2) is 0 Å². The van der Waals surface area contributed by atoms with Crippen molar-refractivity contribution < 1.29 is 0 Å². The van der Waals surface area contributed by atoms with Gasteiger partial charge in [0, 0.05) is 31.9 Å². The van der Waals surface area contributed by atoms with Crippen LogP contribution in [0.25, 0.3) is 0 Å². The average molecular weight is 278 g/mol. The van der Waals surface area contributed by atoms with Crippen LogP contribution in [0.5, 0.6) is 0 Å². The number of hydrogen-bond acceptors (Lipinski definition) is 2. The van der Waals surface area contributed by atoms with Crippen molar-refractivity contribution in [2.45, 2.75) is 31.8 Å². The molecule has 1 heterocycles. The smallest absolute Gasteiger partial charge is 0.0430 e. The van der Waals surface area contributed by atoms with E-state index in [1.807, 2.05) is 0 Å². The third kappa shape index (κ3) is 2.81. The minimum Gasteiger partial charge on any atom is -0.366 e. The fourth-order valence-corrected chi connectivity index (χ4v) is 3.22. The molecule has 2 nitrogen and oxygen atoms in total. The molecule has 1 N–H and O–H groups in total. The molecule has 0 bridgehead atoms. The Labute approximate surface area is 126 Å². The van der Waals surface area contributed by atoms with Crippen molar-refractivity contribution in [3.05, 3.63) is 65.2 Å². The molecule has 108 valence electrons. The maximum Gasteiger partial charge on any atom is 0.0430 e. The summed E-state index contributed by atoms with van der Waals surface area (Å²) in [6.45, 7) is 4.10. The molecule has 1 aliphatic heterocycles. The van der Waals surface area contributed by atoms with Crippen molar-refractivity contribution in [2.24, 2.45) is 0 Å². The van der Waals surface area contributed by atoms with E-state index < -0.39 is 0 Å². The molecule has 2 aromatic carbocycles. The quantitative estimate of drug-likeness (QED) is 0.921. The van der Waals surface area contributed by atoms with Gasteiger partial charge in [0.2, 0.25) is 0 Å².